The molecule has 0 aromatic heterocycles. The molecule has 0 aromatic rings. The van der Waals surface area contributed by atoms with Gasteiger partial charge in [-0.2, -0.15) is 0 Å². The van der Waals surface area contributed by atoms with Crippen LogP contribution in [0.25, 0.3) is 0 Å². The molecule has 0 aliphatic carbocycles. The van der Waals surface area contributed by atoms with Crippen LogP contribution in [0.4, 0.5) is 0 Å². The van der Waals surface area contributed by atoms with E-state index >= 15 is 0 Å². The molecule has 0 heterocycles. The fourth-order valence-corrected chi connectivity index (χ4v) is 1.42. The van der Waals surface area contributed by atoms with Gasteiger partial charge in [0, 0.05) is 0 Å². The Morgan fingerprint density at radius 3 is 1.42 bits per heavy atom. The molecule has 1 N–H and O–H groups in total. The molecule has 0 radical (unpaired) electrons. The zero-order chi connectivity index (χ0) is 29.4. The first kappa shape index (κ1) is 38.6. The van der Waals surface area contributed by atoms with E-state index in [1.807, 2.05) is 76.2 Å². The predicted octanol–water partition coefficient (Wildman–Crippen LogP) is 6.76. The highest BCUT2D eigenvalue weighted by Crippen LogP contribution is 2.24. The number of carboxylic acids is 1. The number of hydrogen-bond acceptors (Lipinski definition) is 7. The van der Waals surface area contributed by atoms with E-state index in [0.29, 0.717) is 13.0 Å². The van der Waals surface area contributed by atoms with Crippen molar-refractivity contribution in [1.29, 1.82) is 0 Å². The summed E-state index contributed by atoms with van der Waals surface area (Å²) in [5.41, 5.74) is -0.820. The Hall–Kier alpha value is -1.93. The number of hydrogen-bond donors (Lipinski definition) is 1. The first-order valence-electron chi connectivity index (χ1n) is 12.6. The molecule has 0 rings (SSSR count). The average Bonchev–Trinajstić information content (AvgIpc) is 2.75. The number of carbonyl (C=O) groups is 3. The molecular weight excluding hydrogens is 464 g/mol. The van der Waals surface area contributed by atoms with Crippen LogP contribution < -0.4 is 0 Å². The Kier molecular flexibility index (Phi) is 18.8. The molecule has 0 aliphatic heterocycles. The molecule has 0 unspecified atom stereocenters. The van der Waals surface area contributed by atoms with E-state index in [-0.39, 0.29) is 36.2 Å². The highest BCUT2D eigenvalue weighted by molar-refractivity contribution is 5.76. The van der Waals surface area contributed by atoms with Gasteiger partial charge in [-0.05, 0) is 88.5 Å². The largest absolute Gasteiger partial charge is 0.481 e. The third-order valence-corrected chi connectivity index (χ3v) is 5.52. The Morgan fingerprint density at radius 1 is 0.694 bits per heavy atom. The van der Waals surface area contributed by atoms with Crippen molar-refractivity contribution in [3.63, 3.8) is 0 Å². The topological polar surface area (TPSA) is 108 Å². The van der Waals surface area contributed by atoms with Crippen molar-refractivity contribution in [2.45, 2.75) is 115 Å². The molecule has 0 spiro atoms. The van der Waals surface area contributed by atoms with Crippen molar-refractivity contribution in [1.82, 2.24) is 0 Å². The molecule has 0 aromatic carbocycles. The van der Waals surface area contributed by atoms with Gasteiger partial charge in [-0.3, -0.25) is 14.4 Å². The SMILES string of the molecule is C=C(C)COOCCOC(=O)C(C)(C)CC.CCC(C)(C)C(=O)O.CCC(C)(C)C(=O)OC(C)(C)C. The minimum absolute atomic E-state index is 0.113. The number of rotatable bonds is 12. The van der Waals surface area contributed by atoms with Gasteiger partial charge in [0.15, 0.2) is 0 Å². The number of carboxylic acid groups (broad SMARTS) is 1. The third-order valence-electron chi connectivity index (χ3n) is 5.52. The van der Waals surface area contributed by atoms with Gasteiger partial charge in [-0.25, -0.2) is 9.78 Å². The Balaban J connectivity index is -0.000000481. The van der Waals surface area contributed by atoms with Crippen LogP contribution in [0.3, 0.4) is 0 Å². The Labute approximate surface area is 220 Å². The third kappa shape index (κ3) is 20.3. The molecule has 0 amide bonds. The lowest BCUT2D eigenvalue weighted by atomic mass is 9.90. The van der Waals surface area contributed by atoms with Crippen LogP contribution in [0.15, 0.2) is 12.2 Å². The molecule has 0 fully saturated rings. The molecule has 214 valence electrons. The van der Waals surface area contributed by atoms with E-state index in [1.54, 1.807) is 13.8 Å². The van der Waals surface area contributed by atoms with E-state index in [9.17, 15) is 14.4 Å². The van der Waals surface area contributed by atoms with Gasteiger partial charge in [-0.1, -0.05) is 32.9 Å². The van der Waals surface area contributed by atoms with E-state index in [2.05, 4.69) is 6.58 Å². The number of aliphatic carboxylic acids is 1. The van der Waals surface area contributed by atoms with Crippen LogP contribution in [-0.4, -0.2) is 48.4 Å². The maximum atomic E-state index is 11.5. The summed E-state index contributed by atoms with van der Waals surface area (Å²) in [6, 6.07) is 0. The molecular formula is C28H54O8. The molecule has 8 heteroatoms. The van der Waals surface area contributed by atoms with Crippen LogP contribution in [-0.2, 0) is 33.6 Å². The summed E-state index contributed by atoms with van der Waals surface area (Å²) in [5.74, 6) is -1.05. The lowest BCUT2D eigenvalue weighted by Gasteiger charge is -2.27. The minimum Gasteiger partial charge on any atom is -0.481 e. The summed E-state index contributed by atoms with van der Waals surface area (Å²) in [5, 5.41) is 8.44. The van der Waals surface area contributed by atoms with Crippen LogP contribution in [0, 0.1) is 16.2 Å². The van der Waals surface area contributed by atoms with Gasteiger partial charge < -0.3 is 14.6 Å². The summed E-state index contributed by atoms with van der Waals surface area (Å²) in [6.07, 6.45) is 2.24. The first-order valence-corrected chi connectivity index (χ1v) is 12.6. The maximum absolute atomic E-state index is 11.5. The second kappa shape index (κ2) is 17.5. The van der Waals surface area contributed by atoms with Gasteiger partial charge in [-0.15, -0.1) is 0 Å². The average molecular weight is 519 g/mol. The van der Waals surface area contributed by atoms with Crippen molar-refractivity contribution >= 4 is 17.9 Å². The first-order chi connectivity index (χ1) is 16.1. The van der Waals surface area contributed by atoms with Crippen molar-refractivity contribution in [3.8, 4) is 0 Å². The lowest BCUT2D eigenvalue weighted by Crippen LogP contribution is -2.33. The highest BCUT2D eigenvalue weighted by atomic mass is 17.2. The second-order valence-corrected chi connectivity index (χ2v) is 11.7. The lowest BCUT2D eigenvalue weighted by molar-refractivity contribution is -0.292. The molecule has 0 bridgehead atoms. The summed E-state index contributed by atoms with van der Waals surface area (Å²) in [4.78, 5) is 42.8. The van der Waals surface area contributed by atoms with Gasteiger partial charge in [0.2, 0.25) is 0 Å². The predicted molar refractivity (Wildman–Crippen MR) is 143 cm³/mol. The molecule has 36 heavy (non-hydrogen) atoms. The summed E-state index contributed by atoms with van der Waals surface area (Å²) >= 11 is 0. The van der Waals surface area contributed by atoms with Crippen LogP contribution in [0.5, 0.6) is 0 Å². The van der Waals surface area contributed by atoms with Crippen molar-refractivity contribution in [3.05, 3.63) is 12.2 Å². The zero-order valence-electron chi connectivity index (χ0n) is 25.3. The van der Waals surface area contributed by atoms with E-state index < -0.39 is 16.8 Å². The zero-order valence-corrected chi connectivity index (χ0v) is 25.3. The molecule has 0 saturated carbocycles. The van der Waals surface area contributed by atoms with Crippen molar-refractivity contribution in [2.24, 2.45) is 16.2 Å². The van der Waals surface area contributed by atoms with Crippen molar-refractivity contribution in [2.75, 3.05) is 19.8 Å². The number of ether oxygens (including phenoxy) is 2. The normalized spacial score (nSPS) is 11.8. The van der Waals surface area contributed by atoms with Gasteiger partial charge in [0.25, 0.3) is 0 Å². The maximum Gasteiger partial charge on any atom is 0.312 e. The van der Waals surface area contributed by atoms with Crippen LogP contribution in [0.2, 0.25) is 0 Å². The summed E-state index contributed by atoms with van der Waals surface area (Å²) < 4.78 is 10.3. The van der Waals surface area contributed by atoms with E-state index in [4.69, 9.17) is 24.4 Å². The summed E-state index contributed by atoms with van der Waals surface area (Å²) in [7, 11) is 0. The van der Waals surface area contributed by atoms with Crippen LogP contribution >= 0.6 is 0 Å². The Bertz CT molecular complexity index is 670. The van der Waals surface area contributed by atoms with Gasteiger partial charge in [0.05, 0.1) is 16.2 Å². The monoisotopic (exact) mass is 518 g/mol. The van der Waals surface area contributed by atoms with E-state index in [1.165, 1.54) is 0 Å². The smallest absolute Gasteiger partial charge is 0.312 e. The number of carbonyl (C=O) groups excluding carboxylic acids is 2. The quantitative estimate of drug-likeness (QED) is 0.0992. The van der Waals surface area contributed by atoms with E-state index in [0.717, 1.165) is 18.4 Å². The fourth-order valence-electron chi connectivity index (χ4n) is 1.42. The van der Waals surface area contributed by atoms with Gasteiger partial charge >= 0.3 is 17.9 Å². The Morgan fingerprint density at radius 2 is 1.11 bits per heavy atom. The van der Waals surface area contributed by atoms with Crippen LogP contribution in [0.1, 0.15) is 109 Å². The highest BCUT2D eigenvalue weighted by Gasteiger charge is 2.30. The van der Waals surface area contributed by atoms with Crippen molar-refractivity contribution < 1.29 is 38.7 Å². The molecule has 0 atom stereocenters. The molecule has 8 nitrogen and oxygen atoms in total. The van der Waals surface area contributed by atoms with Gasteiger partial charge in [0.1, 0.15) is 25.4 Å². The second-order valence-electron chi connectivity index (χ2n) is 11.7. The summed E-state index contributed by atoms with van der Waals surface area (Å²) in [6.45, 7) is 28.7. The number of esters is 2. The minimum atomic E-state index is -0.722. The fraction of sp³-hybridized carbons (Fsp3) is 0.821. The molecule has 0 aliphatic rings. The standard InChI is InChI=1S/C12H22O4.C10H20O2.C6H12O2/c1-6-12(4,5)11(13)14-7-8-15-16-9-10(2)3;1-7-10(5,6)8(11)12-9(2,3)4;1-4-6(2,3)5(7)8/h2,6-9H2,1,3-5H3;7H2,1-6H3;4H2,1-3H3,(H,7,8). The molecule has 0 saturated heterocycles.